The molecule has 1 aliphatic rings. The number of amides is 2. The maximum atomic E-state index is 12.3. The molecule has 6 nitrogen and oxygen atoms in total. The first-order chi connectivity index (χ1) is 10.2. The zero-order valence-corrected chi connectivity index (χ0v) is 14.6. The maximum Gasteiger partial charge on any atom is 0.410 e. The highest BCUT2D eigenvalue weighted by molar-refractivity contribution is 5.75. The van der Waals surface area contributed by atoms with Crippen molar-refractivity contribution in [3.63, 3.8) is 0 Å². The Kier molecular flexibility index (Phi) is 7.13. The van der Waals surface area contributed by atoms with Crippen LogP contribution in [0.5, 0.6) is 0 Å². The van der Waals surface area contributed by atoms with E-state index in [9.17, 15) is 9.59 Å². The van der Waals surface area contributed by atoms with Crippen LogP contribution in [0.2, 0.25) is 0 Å². The van der Waals surface area contributed by atoms with Gasteiger partial charge in [-0.15, -0.1) is 0 Å². The smallest absolute Gasteiger partial charge is 0.410 e. The van der Waals surface area contributed by atoms with Crippen molar-refractivity contribution in [2.45, 2.75) is 58.1 Å². The van der Waals surface area contributed by atoms with Crippen LogP contribution in [0.3, 0.4) is 0 Å². The lowest BCUT2D eigenvalue weighted by Gasteiger charge is -2.37. The summed E-state index contributed by atoms with van der Waals surface area (Å²) in [5.41, 5.74) is -0.468. The van der Waals surface area contributed by atoms with Crippen molar-refractivity contribution in [1.82, 2.24) is 15.1 Å². The zero-order valence-electron chi connectivity index (χ0n) is 14.6. The Morgan fingerprint density at radius 3 is 2.55 bits per heavy atom. The number of hydrogen-bond acceptors (Lipinski definition) is 4. The molecular weight excluding hydrogens is 282 g/mol. The fourth-order valence-corrected chi connectivity index (χ4v) is 2.46. The SMILES string of the molecule is CN(C)C(=O)CCNCC1CCCCN1C(=O)OC(C)(C)C. The monoisotopic (exact) mass is 313 g/mol. The Balaban J connectivity index is 2.42. The molecule has 1 saturated heterocycles. The lowest BCUT2D eigenvalue weighted by atomic mass is 10.0. The zero-order chi connectivity index (χ0) is 16.8. The van der Waals surface area contributed by atoms with E-state index in [1.165, 1.54) is 0 Å². The number of nitrogens with zero attached hydrogens (tertiary/aromatic N) is 2. The molecule has 128 valence electrons. The first-order valence-corrected chi connectivity index (χ1v) is 8.11. The molecule has 1 fully saturated rings. The van der Waals surface area contributed by atoms with E-state index in [-0.39, 0.29) is 18.0 Å². The fourth-order valence-electron chi connectivity index (χ4n) is 2.46. The fraction of sp³-hybridized carbons (Fsp3) is 0.875. The van der Waals surface area contributed by atoms with Gasteiger partial charge in [-0.3, -0.25) is 4.79 Å². The van der Waals surface area contributed by atoms with Crippen LogP contribution in [0.25, 0.3) is 0 Å². The highest BCUT2D eigenvalue weighted by Crippen LogP contribution is 2.20. The summed E-state index contributed by atoms with van der Waals surface area (Å²) in [6.45, 7) is 7.74. The van der Waals surface area contributed by atoms with E-state index in [4.69, 9.17) is 4.74 Å². The Labute approximate surface area is 134 Å². The molecule has 1 heterocycles. The Bertz CT molecular complexity index is 377. The summed E-state index contributed by atoms with van der Waals surface area (Å²) >= 11 is 0. The van der Waals surface area contributed by atoms with Crippen LogP contribution in [-0.4, -0.2) is 67.2 Å². The van der Waals surface area contributed by atoms with Gasteiger partial charge in [-0.1, -0.05) is 0 Å². The van der Waals surface area contributed by atoms with Crippen LogP contribution in [0, 0.1) is 0 Å². The van der Waals surface area contributed by atoms with Crippen molar-refractivity contribution in [3.8, 4) is 0 Å². The van der Waals surface area contributed by atoms with Crippen LogP contribution in [-0.2, 0) is 9.53 Å². The number of carbonyl (C=O) groups is 2. The number of carbonyl (C=O) groups excluding carboxylic acids is 2. The summed E-state index contributed by atoms with van der Waals surface area (Å²) < 4.78 is 5.48. The van der Waals surface area contributed by atoms with Gasteiger partial charge in [-0.25, -0.2) is 4.79 Å². The molecule has 1 atom stereocenters. The van der Waals surface area contributed by atoms with Crippen molar-refractivity contribution < 1.29 is 14.3 Å². The first-order valence-electron chi connectivity index (χ1n) is 8.11. The number of ether oxygens (including phenoxy) is 1. The number of piperidine rings is 1. The van der Waals surface area contributed by atoms with Crippen molar-refractivity contribution in [2.24, 2.45) is 0 Å². The maximum absolute atomic E-state index is 12.3. The van der Waals surface area contributed by atoms with Gasteiger partial charge in [0.05, 0.1) is 0 Å². The minimum atomic E-state index is -0.468. The Morgan fingerprint density at radius 2 is 1.95 bits per heavy atom. The third-order valence-corrected chi connectivity index (χ3v) is 3.65. The number of likely N-dealkylation sites (tertiary alicyclic amines) is 1. The van der Waals surface area contributed by atoms with E-state index in [0.717, 1.165) is 25.8 Å². The van der Waals surface area contributed by atoms with Crippen molar-refractivity contribution in [2.75, 3.05) is 33.7 Å². The lowest BCUT2D eigenvalue weighted by molar-refractivity contribution is -0.128. The summed E-state index contributed by atoms with van der Waals surface area (Å²) in [5.74, 6) is 0.111. The van der Waals surface area contributed by atoms with Gasteiger partial charge in [0.1, 0.15) is 5.60 Å². The van der Waals surface area contributed by atoms with E-state index in [1.54, 1.807) is 19.0 Å². The second-order valence-electron chi connectivity index (χ2n) is 7.07. The van der Waals surface area contributed by atoms with E-state index in [2.05, 4.69) is 5.32 Å². The van der Waals surface area contributed by atoms with Crippen LogP contribution < -0.4 is 5.32 Å². The van der Waals surface area contributed by atoms with Crippen molar-refractivity contribution >= 4 is 12.0 Å². The third kappa shape index (κ3) is 6.64. The van der Waals surface area contributed by atoms with Gasteiger partial charge in [0, 0.05) is 46.2 Å². The van der Waals surface area contributed by atoms with E-state index < -0.39 is 5.60 Å². The van der Waals surface area contributed by atoms with Crippen LogP contribution >= 0.6 is 0 Å². The van der Waals surface area contributed by atoms with E-state index in [1.807, 2.05) is 25.7 Å². The van der Waals surface area contributed by atoms with Gasteiger partial charge in [0.25, 0.3) is 0 Å². The van der Waals surface area contributed by atoms with Gasteiger partial charge in [-0.05, 0) is 40.0 Å². The minimum Gasteiger partial charge on any atom is -0.444 e. The molecule has 1 aliphatic heterocycles. The molecule has 0 aromatic rings. The molecule has 1 rings (SSSR count). The average molecular weight is 313 g/mol. The second kappa shape index (κ2) is 8.36. The molecule has 0 radical (unpaired) electrons. The molecule has 0 aromatic heterocycles. The molecule has 0 aliphatic carbocycles. The predicted molar refractivity (Wildman–Crippen MR) is 86.8 cm³/mol. The number of hydrogen-bond donors (Lipinski definition) is 1. The third-order valence-electron chi connectivity index (χ3n) is 3.65. The Hall–Kier alpha value is -1.30. The molecule has 0 spiro atoms. The summed E-state index contributed by atoms with van der Waals surface area (Å²) in [6.07, 6.45) is 3.38. The summed E-state index contributed by atoms with van der Waals surface area (Å²) in [5, 5.41) is 3.29. The molecule has 0 bridgehead atoms. The van der Waals surface area contributed by atoms with Crippen molar-refractivity contribution in [1.29, 1.82) is 0 Å². The van der Waals surface area contributed by atoms with Gasteiger partial charge in [0.15, 0.2) is 0 Å². The molecule has 1 N–H and O–H groups in total. The van der Waals surface area contributed by atoms with Crippen molar-refractivity contribution in [3.05, 3.63) is 0 Å². The summed E-state index contributed by atoms with van der Waals surface area (Å²) in [7, 11) is 3.52. The van der Waals surface area contributed by atoms with Gasteiger partial charge >= 0.3 is 6.09 Å². The minimum absolute atomic E-state index is 0.111. The number of nitrogens with one attached hydrogen (secondary N) is 1. The molecular formula is C16H31N3O3. The standard InChI is InChI=1S/C16H31N3O3/c1-16(2,3)22-15(21)19-11-7-6-8-13(19)12-17-10-9-14(20)18(4)5/h13,17H,6-12H2,1-5H3. The lowest BCUT2D eigenvalue weighted by Crippen LogP contribution is -2.50. The van der Waals surface area contributed by atoms with Crippen LogP contribution in [0.15, 0.2) is 0 Å². The molecule has 0 aromatic carbocycles. The molecule has 22 heavy (non-hydrogen) atoms. The van der Waals surface area contributed by atoms with Crippen LogP contribution in [0.1, 0.15) is 46.5 Å². The average Bonchev–Trinajstić information content (AvgIpc) is 2.41. The van der Waals surface area contributed by atoms with Gasteiger partial charge < -0.3 is 19.9 Å². The highest BCUT2D eigenvalue weighted by Gasteiger charge is 2.30. The van der Waals surface area contributed by atoms with Gasteiger partial charge in [-0.2, -0.15) is 0 Å². The molecule has 0 saturated carbocycles. The van der Waals surface area contributed by atoms with Crippen LogP contribution in [0.4, 0.5) is 4.79 Å². The number of rotatable bonds is 5. The topological polar surface area (TPSA) is 61.9 Å². The normalized spacial score (nSPS) is 19.0. The van der Waals surface area contributed by atoms with E-state index in [0.29, 0.717) is 19.5 Å². The summed E-state index contributed by atoms with van der Waals surface area (Å²) in [4.78, 5) is 27.2. The molecule has 2 amide bonds. The largest absolute Gasteiger partial charge is 0.444 e. The highest BCUT2D eigenvalue weighted by atomic mass is 16.6. The molecule has 6 heteroatoms. The van der Waals surface area contributed by atoms with Gasteiger partial charge in [0.2, 0.25) is 5.91 Å². The second-order valence-corrected chi connectivity index (χ2v) is 7.07. The quantitative estimate of drug-likeness (QED) is 0.787. The summed E-state index contributed by atoms with van der Waals surface area (Å²) in [6, 6.07) is 0.151. The predicted octanol–water partition coefficient (Wildman–Crippen LogP) is 1.84. The van der Waals surface area contributed by atoms with E-state index >= 15 is 0 Å². The first kappa shape index (κ1) is 18.7. The molecule has 1 unspecified atom stereocenters. The Morgan fingerprint density at radius 1 is 1.27 bits per heavy atom.